The first-order chi connectivity index (χ1) is 11.3. The van der Waals surface area contributed by atoms with Crippen molar-refractivity contribution < 1.29 is 4.79 Å². The van der Waals surface area contributed by atoms with E-state index in [-0.39, 0.29) is 5.91 Å². The van der Waals surface area contributed by atoms with Crippen LogP contribution in [0.5, 0.6) is 0 Å². The normalized spacial score (nSPS) is 17.2. The smallest absolute Gasteiger partial charge is 0.257 e. The fourth-order valence-electron chi connectivity index (χ4n) is 3.36. The molecule has 1 amide bonds. The molecule has 23 heavy (non-hydrogen) atoms. The maximum absolute atomic E-state index is 12.7. The Balaban J connectivity index is 1.49. The zero-order valence-electron chi connectivity index (χ0n) is 13.1. The molecule has 5 heteroatoms. The van der Waals surface area contributed by atoms with Crippen LogP contribution in [0.2, 0.25) is 0 Å². The summed E-state index contributed by atoms with van der Waals surface area (Å²) in [4.78, 5) is 25.5. The molecule has 1 saturated heterocycles. The molecule has 0 saturated carbocycles. The SMILES string of the molecule is O=C(c1cnc(N2CCCC2)nc1)N1CCc2ccccc2C1. The van der Waals surface area contributed by atoms with Crippen molar-refractivity contribution in [1.82, 2.24) is 14.9 Å². The standard InChI is InChI=1S/C18H20N4O/c23-17(22-10-7-14-5-1-2-6-15(14)13-22)16-11-19-18(20-12-16)21-8-3-4-9-21/h1-2,5-6,11-12H,3-4,7-10,13H2. The summed E-state index contributed by atoms with van der Waals surface area (Å²) < 4.78 is 0. The van der Waals surface area contributed by atoms with Gasteiger partial charge in [0.05, 0.1) is 5.56 Å². The summed E-state index contributed by atoms with van der Waals surface area (Å²) in [5.74, 6) is 0.760. The molecular formula is C18H20N4O. The molecule has 0 bridgehead atoms. The van der Waals surface area contributed by atoms with Crippen molar-refractivity contribution >= 4 is 11.9 Å². The Morgan fingerprint density at radius 2 is 1.65 bits per heavy atom. The molecule has 0 spiro atoms. The van der Waals surface area contributed by atoms with E-state index in [1.165, 1.54) is 24.0 Å². The van der Waals surface area contributed by atoms with Gasteiger partial charge in [0.2, 0.25) is 5.95 Å². The molecule has 0 radical (unpaired) electrons. The van der Waals surface area contributed by atoms with Crippen LogP contribution in [0.15, 0.2) is 36.7 Å². The Morgan fingerprint density at radius 3 is 2.39 bits per heavy atom. The third kappa shape index (κ3) is 2.79. The van der Waals surface area contributed by atoms with Gasteiger partial charge in [0.25, 0.3) is 5.91 Å². The Bertz CT molecular complexity index is 707. The van der Waals surface area contributed by atoms with E-state index in [0.29, 0.717) is 12.1 Å². The number of carbonyl (C=O) groups excluding carboxylic acids is 1. The van der Waals surface area contributed by atoms with Crippen LogP contribution in [0, 0.1) is 0 Å². The number of amides is 1. The molecule has 5 nitrogen and oxygen atoms in total. The number of benzene rings is 1. The quantitative estimate of drug-likeness (QED) is 0.854. The summed E-state index contributed by atoms with van der Waals surface area (Å²) in [6.07, 6.45) is 6.64. The maximum Gasteiger partial charge on any atom is 0.257 e. The van der Waals surface area contributed by atoms with Gasteiger partial charge in [-0.3, -0.25) is 4.79 Å². The number of anilines is 1. The van der Waals surface area contributed by atoms with Gasteiger partial charge in [-0.25, -0.2) is 9.97 Å². The van der Waals surface area contributed by atoms with Crippen LogP contribution in [0.25, 0.3) is 0 Å². The molecule has 2 aliphatic rings. The summed E-state index contributed by atoms with van der Waals surface area (Å²) in [6.45, 7) is 3.44. The van der Waals surface area contributed by atoms with E-state index in [1.54, 1.807) is 12.4 Å². The molecule has 4 rings (SSSR count). The maximum atomic E-state index is 12.7. The second-order valence-corrected chi connectivity index (χ2v) is 6.21. The highest BCUT2D eigenvalue weighted by Gasteiger charge is 2.22. The minimum absolute atomic E-state index is 0.0208. The molecule has 0 N–H and O–H groups in total. The van der Waals surface area contributed by atoms with Crippen molar-refractivity contribution in [3.05, 3.63) is 53.3 Å². The van der Waals surface area contributed by atoms with Gasteiger partial charge < -0.3 is 9.80 Å². The van der Waals surface area contributed by atoms with E-state index >= 15 is 0 Å². The number of hydrogen-bond acceptors (Lipinski definition) is 4. The molecular weight excluding hydrogens is 288 g/mol. The minimum Gasteiger partial charge on any atom is -0.341 e. The lowest BCUT2D eigenvalue weighted by atomic mass is 9.99. The number of nitrogens with zero attached hydrogens (tertiary/aromatic N) is 4. The van der Waals surface area contributed by atoms with E-state index < -0.39 is 0 Å². The van der Waals surface area contributed by atoms with Crippen LogP contribution in [0.3, 0.4) is 0 Å². The highest BCUT2D eigenvalue weighted by molar-refractivity contribution is 5.93. The second kappa shape index (κ2) is 5.99. The van der Waals surface area contributed by atoms with Gasteiger partial charge in [-0.15, -0.1) is 0 Å². The van der Waals surface area contributed by atoms with Crippen LogP contribution >= 0.6 is 0 Å². The lowest BCUT2D eigenvalue weighted by Crippen LogP contribution is -2.36. The fraction of sp³-hybridized carbons (Fsp3) is 0.389. The molecule has 1 aromatic carbocycles. The van der Waals surface area contributed by atoms with Gasteiger partial charge in [-0.2, -0.15) is 0 Å². The van der Waals surface area contributed by atoms with Crippen LogP contribution in [-0.4, -0.2) is 40.4 Å². The number of aromatic nitrogens is 2. The molecule has 1 fully saturated rings. The number of rotatable bonds is 2. The predicted octanol–water partition coefficient (Wildman–Crippen LogP) is 2.28. The Hall–Kier alpha value is -2.43. The largest absolute Gasteiger partial charge is 0.341 e. The summed E-state index contributed by atoms with van der Waals surface area (Å²) in [7, 11) is 0. The van der Waals surface area contributed by atoms with Crippen molar-refractivity contribution in [2.75, 3.05) is 24.5 Å². The van der Waals surface area contributed by atoms with E-state index in [0.717, 1.165) is 32.0 Å². The third-order valence-electron chi connectivity index (χ3n) is 4.69. The third-order valence-corrected chi connectivity index (χ3v) is 4.69. The zero-order chi connectivity index (χ0) is 15.6. The topological polar surface area (TPSA) is 49.3 Å². The molecule has 2 aliphatic heterocycles. The van der Waals surface area contributed by atoms with Crippen molar-refractivity contribution in [2.45, 2.75) is 25.8 Å². The van der Waals surface area contributed by atoms with Crippen molar-refractivity contribution in [2.24, 2.45) is 0 Å². The number of fused-ring (bicyclic) bond motifs is 1. The molecule has 3 heterocycles. The lowest BCUT2D eigenvalue weighted by Gasteiger charge is -2.28. The van der Waals surface area contributed by atoms with E-state index in [9.17, 15) is 4.79 Å². The summed E-state index contributed by atoms with van der Waals surface area (Å²) in [5, 5.41) is 0. The monoisotopic (exact) mass is 308 g/mol. The highest BCUT2D eigenvalue weighted by atomic mass is 16.2. The summed E-state index contributed by atoms with van der Waals surface area (Å²) in [6, 6.07) is 8.33. The second-order valence-electron chi connectivity index (χ2n) is 6.21. The van der Waals surface area contributed by atoms with Gasteiger partial charge >= 0.3 is 0 Å². The summed E-state index contributed by atoms with van der Waals surface area (Å²) >= 11 is 0. The average Bonchev–Trinajstić information content (AvgIpc) is 3.15. The lowest BCUT2D eigenvalue weighted by molar-refractivity contribution is 0.0734. The van der Waals surface area contributed by atoms with Crippen molar-refractivity contribution in [3.63, 3.8) is 0 Å². The first kappa shape index (κ1) is 14.2. The molecule has 0 atom stereocenters. The predicted molar refractivity (Wildman–Crippen MR) is 88.4 cm³/mol. The molecule has 0 aliphatic carbocycles. The van der Waals surface area contributed by atoms with Gasteiger partial charge in [-0.1, -0.05) is 24.3 Å². The van der Waals surface area contributed by atoms with Gasteiger partial charge in [-0.05, 0) is 30.4 Å². The van der Waals surface area contributed by atoms with Gasteiger partial charge in [0.1, 0.15) is 0 Å². The van der Waals surface area contributed by atoms with Gasteiger partial charge in [0.15, 0.2) is 0 Å². The van der Waals surface area contributed by atoms with E-state index in [1.807, 2.05) is 11.0 Å². The first-order valence-electron chi connectivity index (χ1n) is 8.24. The molecule has 2 aromatic rings. The highest BCUT2D eigenvalue weighted by Crippen LogP contribution is 2.20. The van der Waals surface area contributed by atoms with Crippen LogP contribution in [0.4, 0.5) is 5.95 Å². The van der Waals surface area contributed by atoms with Crippen LogP contribution in [-0.2, 0) is 13.0 Å². The van der Waals surface area contributed by atoms with Crippen molar-refractivity contribution in [1.29, 1.82) is 0 Å². The van der Waals surface area contributed by atoms with Crippen LogP contribution < -0.4 is 4.90 Å². The minimum atomic E-state index is 0.0208. The van der Waals surface area contributed by atoms with Crippen molar-refractivity contribution in [3.8, 4) is 0 Å². The molecule has 1 aromatic heterocycles. The van der Waals surface area contributed by atoms with Crippen LogP contribution in [0.1, 0.15) is 34.3 Å². The number of hydrogen-bond donors (Lipinski definition) is 0. The van der Waals surface area contributed by atoms with E-state index in [2.05, 4.69) is 33.1 Å². The Morgan fingerprint density at radius 1 is 0.957 bits per heavy atom. The number of carbonyl (C=O) groups is 1. The molecule has 0 unspecified atom stereocenters. The van der Waals surface area contributed by atoms with Gasteiger partial charge in [0, 0.05) is 38.6 Å². The fourth-order valence-corrected chi connectivity index (χ4v) is 3.36. The Kier molecular flexibility index (Phi) is 3.69. The zero-order valence-corrected chi connectivity index (χ0v) is 13.1. The molecule has 118 valence electrons. The summed E-state index contributed by atoms with van der Waals surface area (Å²) in [5.41, 5.74) is 3.16. The average molecular weight is 308 g/mol. The Labute approximate surface area is 136 Å². The van der Waals surface area contributed by atoms with E-state index in [4.69, 9.17) is 0 Å². The first-order valence-corrected chi connectivity index (χ1v) is 8.24.